The SMILES string of the molecule is Clc1ccccc1N1CCN(Cc2cccc(Br)c2)CC1. The second kappa shape index (κ2) is 6.82. The van der Waals surface area contributed by atoms with Gasteiger partial charge in [-0.2, -0.15) is 0 Å². The van der Waals surface area contributed by atoms with Crippen molar-refractivity contribution in [1.82, 2.24) is 4.90 Å². The molecule has 4 heteroatoms. The number of hydrogen-bond acceptors (Lipinski definition) is 2. The van der Waals surface area contributed by atoms with E-state index < -0.39 is 0 Å². The highest BCUT2D eigenvalue weighted by Gasteiger charge is 2.18. The number of rotatable bonds is 3. The zero-order valence-electron chi connectivity index (χ0n) is 11.8. The van der Waals surface area contributed by atoms with Gasteiger partial charge in [0, 0.05) is 37.2 Å². The smallest absolute Gasteiger partial charge is 0.0639 e. The predicted octanol–water partition coefficient (Wildman–Crippen LogP) is 4.42. The molecular formula is C17H18BrClN2. The van der Waals surface area contributed by atoms with Crippen molar-refractivity contribution in [3.8, 4) is 0 Å². The Hall–Kier alpha value is -1.03. The van der Waals surface area contributed by atoms with Gasteiger partial charge in [0.1, 0.15) is 0 Å². The van der Waals surface area contributed by atoms with Crippen LogP contribution >= 0.6 is 27.5 Å². The van der Waals surface area contributed by atoms with Gasteiger partial charge in [0.05, 0.1) is 10.7 Å². The predicted molar refractivity (Wildman–Crippen MR) is 93.1 cm³/mol. The zero-order chi connectivity index (χ0) is 14.7. The lowest BCUT2D eigenvalue weighted by molar-refractivity contribution is 0.250. The van der Waals surface area contributed by atoms with Gasteiger partial charge < -0.3 is 4.90 Å². The van der Waals surface area contributed by atoms with Crippen LogP contribution in [0.25, 0.3) is 0 Å². The van der Waals surface area contributed by atoms with Crippen LogP contribution in [0.1, 0.15) is 5.56 Å². The second-order valence-electron chi connectivity index (χ2n) is 5.34. The van der Waals surface area contributed by atoms with Crippen molar-refractivity contribution in [1.29, 1.82) is 0 Å². The molecule has 1 aliphatic rings. The fourth-order valence-corrected chi connectivity index (χ4v) is 3.45. The molecule has 110 valence electrons. The number of halogens is 2. The van der Waals surface area contributed by atoms with E-state index in [-0.39, 0.29) is 0 Å². The van der Waals surface area contributed by atoms with Crippen LogP contribution in [0.2, 0.25) is 5.02 Å². The van der Waals surface area contributed by atoms with Crippen LogP contribution in [-0.2, 0) is 6.54 Å². The molecular weight excluding hydrogens is 348 g/mol. The van der Waals surface area contributed by atoms with Crippen LogP contribution in [0.4, 0.5) is 5.69 Å². The molecule has 1 saturated heterocycles. The van der Waals surface area contributed by atoms with Crippen LogP contribution in [0.3, 0.4) is 0 Å². The molecule has 0 spiro atoms. The lowest BCUT2D eigenvalue weighted by atomic mass is 10.2. The summed E-state index contributed by atoms with van der Waals surface area (Å²) in [5.74, 6) is 0. The maximum absolute atomic E-state index is 6.28. The monoisotopic (exact) mass is 364 g/mol. The molecule has 0 unspecified atom stereocenters. The maximum atomic E-state index is 6.28. The van der Waals surface area contributed by atoms with Crippen LogP contribution in [0.15, 0.2) is 53.0 Å². The minimum Gasteiger partial charge on any atom is -0.368 e. The van der Waals surface area contributed by atoms with Gasteiger partial charge in [0.25, 0.3) is 0 Å². The summed E-state index contributed by atoms with van der Waals surface area (Å²) in [7, 11) is 0. The van der Waals surface area contributed by atoms with Crippen LogP contribution in [0, 0.1) is 0 Å². The number of nitrogens with zero attached hydrogens (tertiary/aromatic N) is 2. The third-order valence-corrected chi connectivity index (χ3v) is 4.67. The lowest BCUT2D eigenvalue weighted by Crippen LogP contribution is -2.46. The second-order valence-corrected chi connectivity index (χ2v) is 6.67. The van der Waals surface area contributed by atoms with E-state index >= 15 is 0 Å². The Bertz CT molecular complexity index is 609. The van der Waals surface area contributed by atoms with Crippen LogP contribution < -0.4 is 4.90 Å². The van der Waals surface area contributed by atoms with Crippen LogP contribution in [0.5, 0.6) is 0 Å². The normalized spacial score (nSPS) is 16.2. The van der Waals surface area contributed by atoms with E-state index in [9.17, 15) is 0 Å². The molecule has 3 rings (SSSR count). The minimum atomic E-state index is 0.845. The molecule has 2 nitrogen and oxygen atoms in total. The molecule has 0 bridgehead atoms. The maximum Gasteiger partial charge on any atom is 0.0639 e. The minimum absolute atomic E-state index is 0.845. The van der Waals surface area contributed by atoms with Crippen molar-refractivity contribution < 1.29 is 0 Å². The summed E-state index contributed by atoms with van der Waals surface area (Å²) in [6.45, 7) is 5.20. The number of para-hydroxylation sites is 1. The first-order valence-corrected chi connectivity index (χ1v) is 8.36. The Kier molecular flexibility index (Phi) is 4.84. The first-order valence-electron chi connectivity index (χ1n) is 7.18. The highest BCUT2D eigenvalue weighted by Crippen LogP contribution is 2.26. The van der Waals surface area contributed by atoms with Crippen LogP contribution in [-0.4, -0.2) is 31.1 Å². The molecule has 0 saturated carbocycles. The quantitative estimate of drug-likeness (QED) is 0.794. The van der Waals surface area contributed by atoms with Gasteiger partial charge in [0.15, 0.2) is 0 Å². The van der Waals surface area contributed by atoms with Gasteiger partial charge in [-0.15, -0.1) is 0 Å². The third kappa shape index (κ3) is 3.79. The Morgan fingerprint density at radius 3 is 2.43 bits per heavy atom. The van der Waals surface area contributed by atoms with Gasteiger partial charge in [-0.3, -0.25) is 4.90 Å². The Balaban J connectivity index is 1.59. The van der Waals surface area contributed by atoms with Crippen molar-refractivity contribution in [3.63, 3.8) is 0 Å². The summed E-state index contributed by atoms with van der Waals surface area (Å²) in [5, 5.41) is 0.845. The molecule has 0 aromatic heterocycles. The van der Waals surface area contributed by atoms with E-state index in [2.05, 4.69) is 62.1 Å². The lowest BCUT2D eigenvalue weighted by Gasteiger charge is -2.36. The fraction of sp³-hybridized carbons (Fsp3) is 0.294. The molecule has 0 radical (unpaired) electrons. The highest BCUT2D eigenvalue weighted by atomic mass is 79.9. The summed E-state index contributed by atoms with van der Waals surface area (Å²) in [6, 6.07) is 16.6. The van der Waals surface area contributed by atoms with Crippen molar-refractivity contribution >= 4 is 33.2 Å². The largest absolute Gasteiger partial charge is 0.368 e. The van der Waals surface area contributed by atoms with Gasteiger partial charge in [0.2, 0.25) is 0 Å². The van der Waals surface area contributed by atoms with Gasteiger partial charge >= 0.3 is 0 Å². The molecule has 1 heterocycles. The zero-order valence-corrected chi connectivity index (χ0v) is 14.1. The van der Waals surface area contributed by atoms with E-state index in [0.29, 0.717) is 0 Å². The standard InChI is InChI=1S/C17H18BrClN2/c18-15-5-3-4-14(12-15)13-20-8-10-21(11-9-20)17-7-2-1-6-16(17)19/h1-7,12H,8-11,13H2. The first-order chi connectivity index (χ1) is 10.2. The molecule has 2 aromatic carbocycles. The number of piperazine rings is 1. The molecule has 1 fully saturated rings. The summed E-state index contributed by atoms with van der Waals surface area (Å²) >= 11 is 9.81. The van der Waals surface area contributed by atoms with Crippen molar-refractivity contribution in [2.45, 2.75) is 6.54 Å². The topological polar surface area (TPSA) is 6.48 Å². The molecule has 0 atom stereocenters. The van der Waals surface area contributed by atoms with Gasteiger partial charge in [-0.05, 0) is 29.8 Å². The Morgan fingerprint density at radius 2 is 1.71 bits per heavy atom. The molecule has 0 N–H and O–H groups in total. The molecule has 2 aromatic rings. The van der Waals surface area contributed by atoms with Crippen molar-refractivity contribution in [3.05, 3.63) is 63.6 Å². The van der Waals surface area contributed by atoms with E-state index in [1.165, 1.54) is 5.56 Å². The molecule has 1 aliphatic heterocycles. The first kappa shape index (κ1) is 14.9. The number of anilines is 1. The highest BCUT2D eigenvalue weighted by molar-refractivity contribution is 9.10. The number of benzene rings is 2. The van der Waals surface area contributed by atoms with Crippen molar-refractivity contribution in [2.24, 2.45) is 0 Å². The molecule has 0 aliphatic carbocycles. The average Bonchev–Trinajstić information content (AvgIpc) is 2.49. The van der Waals surface area contributed by atoms with E-state index in [0.717, 1.165) is 47.9 Å². The molecule has 21 heavy (non-hydrogen) atoms. The van der Waals surface area contributed by atoms with Crippen molar-refractivity contribution in [2.75, 3.05) is 31.1 Å². The Labute approximate surface area is 139 Å². The van der Waals surface area contributed by atoms with Gasteiger partial charge in [-0.25, -0.2) is 0 Å². The third-order valence-electron chi connectivity index (χ3n) is 3.86. The van der Waals surface area contributed by atoms with Gasteiger partial charge in [-0.1, -0.05) is 51.8 Å². The Morgan fingerprint density at radius 1 is 0.952 bits per heavy atom. The summed E-state index contributed by atoms with van der Waals surface area (Å²) in [5.41, 5.74) is 2.51. The van der Waals surface area contributed by atoms with E-state index in [4.69, 9.17) is 11.6 Å². The summed E-state index contributed by atoms with van der Waals surface area (Å²) < 4.78 is 1.15. The fourth-order valence-electron chi connectivity index (χ4n) is 2.75. The average molecular weight is 366 g/mol. The van der Waals surface area contributed by atoms with E-state index in [1.54, 1.807) is 0 Å². The molecule has 0 amide bonds. The van der Waals surface area contributed by atoms with E-state index in [1.807, 2.05) is 12.1 Å². The number of hydrogen-bond donors (Lipinski definition) is 0. The summed E-state index contributed by atoms with van der Waals surface area (Å²) in [6.07, 6.45) is 0. The summed E-state index contributed by atoms with van der Waals surface area (Å²) in [4.78, 5) is 4.87.